The number of rotatable bonds is 7. The van der Waals surface area contributed by atoms with Gasteiger partial charge in [0.1, 0.15) is 0 Å². The lowest BCUT2D eigenvalue weighted by molar-refractivity contribution is -0.117. The molecule has 3 heterocycles. The van der Waals surface area contributed by atoms with Crippen molar-refractivity contribution < 1.29 is 22.4 Å². The molecule has 2 saturated heterocycles. The van der Waals surface area contributed by atoms with Gasteiger partial charge in [-0.05, 0) is 55.7 Å². The van der Waals surface area contributed by atoms with Crippen molar-refractivity contribution >= 4 is 27.5 Å². The van der Waals surface area contributed by atoms with Gasteiger partial charge in [-0.2, -0.15) is 4.31 Å². The first kappa shape index (κ1) is 24.4. The lowest BCUT2D eigenvalue weighted by atomic mass is 10.0. The number of sulfonamides is 1. The van der Waals surface area contributed by atoms with Crippen LogP contribution < -0.4 is 5.32 Å². The first-order valence-corrected chi connectivity index (χ1v) is 13.3. The molecule has 0 saturated carbocycles. The van der Waals surface area contributed by atoms with E-state index in [-0.39, 0.29) is 29.3 Å². The van der Waals surface area contributed by atoms with Gasteiger partial charge in [0.15, 0.2) is 5.76 Å². The van der Waals surface area contributed by atoms with E-state index in [1.54, 1.807) is 45.6 Å². The maximum Gasteiger partial charge on any atom is 0.289 e. The van der Waals surface area contributed by atoms with Crippen molar-refractivity contribution in [1.82, 2.24) is 14.1 Å². The first-order valence-electron chi connectivity index (χ1n) is 11.9. The lowest BCUT2D eigenvalue weighted by Gasteiger charge is -2.34. The summed E-state index contributed by atoms with van der Waals surface area (Å²) in [6.07, 6.45) is 5.12. The molecule has 2 amide bonds. The largest absolute Gasteiger partial charge is 0.459 e. The Morgan fingerprint density at radius 3 is 2.41 bits per heavy atom. The summed E-state index contributed by atoms with van der Waals surface area (Å²) >= 11 is 0. The van der Waals surface area contributed by atoms with Crippen molar-refractivity contribution in [1.29, 1.82) is 0 Å². The minimum absolute atomic E-state index is 0.0490. The third kappa shape index (κ3) is 5.51. The van der Waals surface area contributed by atoms with Gasteiger partial charge in [-0.25, -0.2) is 8.42 Å². The predicted octanol–water partition coefficient (Wildman–Crippen LogP) is 2.63. The Morgan fingerprint density at radius 2 is 1.76 bits per heavy atom. The van der Waals surface area contributed by atoms with Crippen LogP contribution in [0.15, 0.2) is 52.0 Å². The second-order valence-electron chi connectivity index (χ2n) is 8.79. The molecule has 0 bridgehead atoms. The number of nitrogens with one attached hydrogen (secondary N) is 1. The van der Waals surface area contributed by atoms with E-state index in [1.165, 1.54) is 6.26 Å². The fourth-order valence-corrected chi connectivity index (χ4v) is 6.38. The average molecular weight is 489 g/mol. The van der Waals surface area contributed by atoms with Gasteiger partial charge in [-0.15, -0.1) is 0 Å². The van der Waals surface area contributed by atoms with E-state index in [4.69, 9.17) is 4.42 Å². The topological polar surface area (TPSA) is 103 Å². The van der Waals surface area contributed by atoms with E-state index < -0.39 is 10.0 Å². The number of piperazine rings is 1. The molecule has 184 valence electrons. The van der Waals surface area contributed by atoms with Gasteiger partial charge in [0.05, 0.1) is 17.7 Å². The molecule has 2 aromatic rings. The lowest BCUT2D eigenvalue weighted by Crippen LogP contribution is -2.50. The van der Waals surface area contributed by atoms with E-state index in [0.717, 1.165) is 25.7 Å². The van der Waals surface area contributed by atoms with Gasteiger partial charge in [0.25, 0.3) is 5.91 Å². The molecular weight excluding hydrogens is 456 g/mol. The molecule has 0 aliphatic carbocycles. The Hall–Kier alpha value is -2.69. The Kier molecular flexibility index (Phi) is 7.70. The highest BCUT2D eigenvalue weighted by molar-refractivity contribution is 7.89. The Labute approximate surface area is 200 Å². The van der Waals surface area contributed by atoms with E-state index in [1.807, 2.05) is 11.8 Å². The molecule has 2 fully saturated rings. The van der Waals surface area contributed by atoms with Gasteiger partial charge >= 0.3 is 0 Å². The molecule has 1 unspecified atom stereocenters. The Balaban J connectivity index is 1.28. The van der Waals surface area contributed by atoms with Crippen molar-refractivity contribution in [3.63, 3.8) is 0 Å². The van der Waals surface area contributed by atoms with Gasteiger partial charge in [0.2, 0.25) is 15.9 Å². The number of hydrogen-bond donors (Lipinski definition) is 1. The van der Waals surface area contributed by atoms with Crippen LogP contribution in [0.5, 0.6) is 0 Å². The fraction of sp³-hybridized carbons (Fsp3) is 0.500. The van der Waals surface area contributed by atoms with Crippen molar-refractivity contribution in [2.75, 3.05) is 44.6 Å². The molecule has 1 N–H and O–H groups in total. The number of nitrogens with zero attached hydrogens (tertiary/aromatic N) is 3. The molecule has 1 atom stereocenters. The predicted molar refractivity (Wildman–Crippen MR) is 128 cm³/mol. The second kappa shape index (κ2) is 10.7. The summed E-state index contributed by atoms with van der Waals surface area (Å²) in [4.78, 5) is 28.8. The summed E-state index contributed by atoms with van der Waals surface area (Å²) in [5.41, 5.74) is 0.557. The summed E-state index contributed by atoms with van der Waals surface area (Å²) < 4.78 is 33.0. The van der Waals surface area contributed by atoms with Crippen molar-refractivity contribution in [3.8, 4) is 0 Å². The highest BCUT2D eigenvalue weighted by Gasteiger charge is 2.32. The number of piperidine rings is 1. The van der Waals surface area contributed by atoms with Crippen LogP contribution in [0.2, 0.25) is 0 Å². The first-order chi connectivity index (χ1) is 16.4. The summed E-state index contributed by atoms with van der Waals surface area (Å²) in [6.45, 7) is 5.00. The molecule has 1 aromatic carbocycles. The van der Waals surface area contributed by atoms with E-state index in [0.29, 0.717) is 44.2 Å². The van der Waals surface area contributed by atoms with Crippen LogP contribution in [-0.2, 0) is 14.8 Å². The maximum absolute atomic E-state index is 13.1. The van der Waals surface area contributed by atoms with Crippen LogP contribution in [0.3, 0.4) is 0 Å². The zero-order chi connectivity index (χ0) is 24.1. The van der Waals surface area contributed by atoms with Gasteiger partial charge in [0, 0.05) is 44.5 Å². The maximum atomic E-state index is 13.1. The second-order valence-corrected chi connectivity index (χ2v) is 10.7. The van der Waals surface area contributed by atoms with Crippen LogP contribution in [0, 0.1) is 0 Å². The van der Waals surface area contributed by atoms with Crippen molar-refractivity contribution in [3.05, 3.63) is 48.4 Å². The quantitative estimate of drug-likeness (QED) is 0.643. The van der Waals surface area contributed by atoms with Gasteiger partial charge in [-0.3, -0.25) is 14.5 Å². The number of hydrogen-bond acceptors (Lipinski definition) is 6. The monoisotopic (exact) mass is 488 g/mol. The number of amides is 2. The highest BCUT2D eigenvalue weighted by Crippen LogP contribution is 2.27. The van der Waals surface area contributed by atoms with Crippen LogP contribution >= 0.6 is 0 Å². The van der Waals surface area contributed by atoms with Crippen LogP contribution in [0.25, 0.3) is 0 Å². The van der Waals surface area contributed by atoms with Crippen LogP contribution in [-0.4, -0.2) is 79.6 Å². The number of carbonyl (C=O) groups excluding carboxylic acids is 2. The number of furan rings is 1. The molecule has 4 rings (SSSR count). The molecule has 1 aromatic heterocycles. The molecule has 10 heteroatoms. The van der Waals surface area contributed by atoms with Crippen LogP contribution in [0.4, 0.5) is 5.69 Å². The van der Waals surface area contributed by atoms with E-state index >= 15 is 0 Å². The Bertz CT molecular complexity index is 1080. The molecule has 34 heavy (non-hydrogen) atoms. The highest BCUT2D eigenvalue weighted by atomic mass is 32.2. The summed E-state index contributed by atoms with van der Waals surface area (Å²) in [5.74, 6) is 0.00426. The average Bonchev–Trinajstić information content (AvgIpc) is 3.39. The molecule has 0 spiro atoms. The zero-order valence-corrected chi connectivity index (χ0v) is 20.3. The normalized spacial score (nSPS) is 20.3. The third-order valence-electron chi connectivity index (χ3n) is 6.55. The Morgan fingerprint density at radius 1 is 1.03 bits per heavy atom. The molecule has 9 nitrogen and oxygen atoms in total. The van der Waals surface area contributed by atoms with E-state index in [2.05, 4.69) is 5.32 Å². The third-order valence-corrected chi connectivity index (χ3v) is 8.51. The van der Waals surface area contributed by atoms with Gasteiger partial charge < -0.3 is 14.6 Å². The zero-order valence-electron chi connectivity index (χ0n) is 19.5. The molecule has 2 aliphatic heterocycles. The SMILES string of the molecule is CCC1CCCCN1S(=O)(=O)c1ccc(NC(=O)CN2CCN(C(=O)c3ccco3)CC2)cc1. The minimum Gasteiger partial charge on any atom is -0.459 e. The summed E-state index contributed by atoms with van der Waals surface area (Å²) in [6, 6.07) is 9.77. The number of benzene rings is 1. The van der Waals surface area contributed by atoms with Crippen molar-refractivity contribution in [2.24, 2.45) is 0 Å². The standard InChI is InChI=1S/C24H32N4O5S/c1-2-20-6-3-4-12-28(20)34(31,32)21-10-8-19(9-11-21)25-23(29)18-26-13-15-27(16-14-26)24(30)22-7-5-17-33-22/h5,7-11,17,20H,2-4,6,12-16,18H2,1H3,(H,25,29). The molecule has 0 radical (unpaired) electrons. The molecule has 2 aliphatic rings. The van der Waals surface area contributed by atoms with E-state index in [9.17, 15) is 18.0 Å². The fourth-order valence-electron chi connectivity index (χ4n) is 4.61. The summed E-state index contributed by atoms with van der Waals surface area (Å²) in [7, 11) is -3.55. The number of anilines is 1. The smallest absolute Gasteiger partial charge is 0.289 e. The van der Waals surface area contributed by atoms with Gasteiger partial charge in [-0.1, -0.05) is 13.3 Å². The summed E-state index contributed by atoms with van der Waals surface area (Å²) in [5, 5.41) is 2.84. The number of carbonyl (C=O) groups is 2. The minimum atomic E-state index is -3.55. The molecular formula is C24H32N4O5S. The van der Waals surface area contributed by atoms with Crippen molar-refractivity contribution in [2.45, 2.75) is 43.5 Å². The van der Waals surface area contributed by atoms with Crippen LogP contribution in [0.1, 0.15) is 43.2 Å².